The summed E-state index contributed by atoms with van der Waals surface area (Å²) in [6.45, 7) is 7.05. The molecule has 2 fully saturated rings. The van der Waals surface area contributed by atoms with Crippen LogP contribution in [0.15, 0.2) is 53.4 Å². The number of aliphatic carboxylic acids is 1. The first-order valence-electron chi connectivity index (χ1n) is 11.0. The second kappa shape index (κ2) is 9.17. The molecule has 2 aliphatic heterocycles. The number of carbonyl (C=O) groups is 1. The fourth-order valence-electron chi connectivity index (χ4n) is 4.59. The molecule has 1 N–H and O–H groups in total. The van der Waals surface area contributed by atoms with Crippen molar-refractivity contribution in [3.8, 4) is 11.1 Å². The van der Waals surface area contributed by atoms with E-state index >= 15 is 0 Å². The second-order valence-corrected chi connectivity index (χ2v) is 12.7. The number of hydrogen-bond donors (Lipinski definition) is 1. The van der Waals surface area contributed by atoms with Crippen LogP contribution in [0.1, 0.15) is 32.3 Å². The van der Waals surface area contributed by atoms with Crippen LogP contribution < -0.4 is 0 Å². The molecule has 6 nitrogen and oxygen atoms in total. The Labute approximate surface area is 194 Å². The van der Waals surface area contributed by atoms with Gasteiger partial charge in [0.25, 0.3) is 0 Å². The molecule has 2 aromatic carbocycles. The Hall–Kier alpha value is -1.87. The molecule has 4 rings (SSSR count). The van der Waals surface area contributed by atoms with Crippen molar-refractivity contribution in [2.24, 2.45) is 0 Å². The molecule has 172 valence electrons. The zero-order valence-corrected chi connectivity index (χ0v) is 20.2. The van der Waals surface area contributed by atoms with Gasteiger partial charge in [-0.05, 0) is 68.6 Å². The van der Waals surface area contributed by atoms with Gasteiger partial charge in [-0.2, -0.15) is 16.1 Å². The van der Waals surface area contributed by atoms with E-state index in [9.17, 15) is 18.3 Å². The molecular weight excluding hydrogens is 444 g/mol. The van der Waals surface area contributed by atoms with Gasteiger partial charge < -0.3 is 5.11 Å². The highest BCUT2D eigenvalue weighted by atomic mass is 32.2. The van der Waals surface area contributed by atoms with E-state index in [4.69, 9.17) is 0 Å². The molecule has 0 spiro atoms. The van der Waals surface area contributed by atoms with Gasteiger partial charge >= 0.3 is 5.97 Å². The topological polar surface area (TPSA) is 77.9 Å². The first-order chi connectivity index (χ1) is 15.2. The standard InChI is InChI=1S/C24H30N2O4S2/c1-24(2)22(23(27)28)26(15-16-31-24)32(29,30)21-11-9-20(10-12-21)19-7-5-18(6-8-19)17-25-13-3-4-14-25/h5-12,22H,3-4,13-17H2,1-2H3,(H,27,28)/t22-/m0/s1. The van der Waals surface area contributed by atoms with Crippen molar-refractivity contribution in [1.82, 2.24) is 9.21 Å². The molecule has 2 aromatic rings. The van der Waals surface area contributed by atoms with E-state index in [1.807, 2.05) is 0 Å². The lowest BCUT2D eigenvalue weighted by Crippen LogP contribution is -2.58. The van der Waals surface area contributed by atoms with E-state index in [0.29, 0.717) is 5.75 Å². The smallest absolute Gasteiger partial charge is 0.323 e. The number of carboxylic acid groups (broad SMARTS) is 1. The number of sulfonamides is 1. The molecule has 0 aliphatic carbocycles. The average molecular weight is 475 g/mol. The van der Waals surface area contributed by atoms with Crippen LogP contribution in [-0.2, 0) is 21.4 Å². The molecule has 2 aliphatic rings. The SMILES string of the molecule is CC1(C)SCCN(S(=O)(=O)c2ccc(-c3ccc(CN4CCCC4)cc3)cc2)[C@H]1C(=O)O. The molecule has 0 unspecified atom stereocenters. The Kier molecular flexibility index (Phi) is 6.68. The number of carboxylic acids is 1. The highest BCUT2D eigenvalue weighted by Crippen LogP contribution is 2.38. The fraction of sp³-hybridized carbons (Fsp3) is 0.458. The molecule has 32 heavy (non-hydrogen) atoms. The summed E-state index contributed by atoms with van der Waals surface area (Å²) < 4.78 is 27.0. The third kappa shape index (κ3) is 4.73. The van der Waals surface area contributed by atoms with Gasteiger partial charge in [0.05, 0.1) is 4.90 Å². The van der Waals surface area contributed by atoms with Gasteiger partial charge in [0.1, 0.15) is 6.04 Å². The molecule has 0 radical (unpaired) electrons. The Morgan fingerprint density at radius 1 is 1.00 bits per heavy atom. The van der Waals surface area contributed by atoms with E-state index in [2.05, 4.69) is 29.2 Å². The van der Waals surface area contributed by atoms with Crippen LogP contribution in [0, 0.1) is 0 Å². The summed E-state index contributed by atoms with van der Waals surface area (Å²) in [6, 6.07) is 14.0. The molecule has 2 saturated heterocycles. The predicted molar refractivity (Wildman–Crippen MR) is 128 cm³/mol. The van der Waals surface area contributed by atoms with Crippen molar-refractivity contribution in [2.45, 2.75) is 48.9 Å². The summed E-state index contributed by atoms with van der Waals surface area (Å²) in [5.41, 5.74) is 3.24. The molecule has 0 bridgehead atoms. The van der Waals surface area contributed by atoms with Gasteiger partial charge in [0.2, 0.25) is 10.0 Å². The zero-order valence-electron chi connectivity index (χ0n) is 18.5. The fourth-order valence-corrected chi connectivity index (χ4v) is 7.69. The maximum absolute atomic E-state index is 13.3. The van der Waals surface area contributed by atoms with Gasteiger partial charge in [0.15, 0.2) is 0 Å². The summed E-state index contributed by atoms with van der Waals surface area (Å²) in [5.74, 6) is -0.547. The summed E-state index contributed by atoms with van der Waals surface area (Å²) in [5, 5.41) is 9.74. The minimum absolute atomic E-state index is 0.126. The van der Waals surface area contributed by atoms with Crippen LogP contribution in [-0.4, -0.2) is 64.9 Å². The summed E-state index contributed by atoms with van der Waals surface area (Å²) in [7, 11) is -3.91. The molecule has 2 heterocycles. The van der Waals surface area contributed by atoms with Gasteiger partial charge in [-0.25, -0.2) is 8.42 Å². The first kappa shape index (κ1) is 23.3. The average Bonchev–Trinajstić information content (AvgIpc) is 3.26. The van der Waals surface area contributed by atoms with E-state index < -0.39 is 26.8 Å². The van der Waals surface area contributed by atoms with Crippen molar-refractivity contribution in [3.05, 3.63) is 54.1 Å². The van der Waals surface area contributed by atoms with Crippen LogP contribution in [0.5, 0.6) is 0 Å². The van der Waals surface area contributed by atoms with E-state index in [-0.39, 0.29) is 11.4 Å². The van der Waals surface area contributed by atoms with Crippen molar-refractivity contribution in [2.75, 3.05) is 25.4 Å². The van der Waals surface area contributed by atoms with Crippen LogP contribution in [0.3, 0.4) is 0 Å². The lowest BCUT2D eigenvalue weighted by molar-refractivity contribution is -0.142. The van der Waals surface area contributed by atoms with E-state index in [1.54, 1.807) is 38.1 Å². The van der Waals surface area contributed by atoms with Gasteiger partial charge in [-0.15, -0.1) is 0 Å². The summed E-state index contributed by atoms with van der Waals surface area (Å²) in [4.78, 5) is 14.5. The van der Waals surface area contributed by atoms with Crippen molar-refractivity contribution >= 4 is 27.8 Å². The Bertz CT molecular complexity index is 1060. The van der Waals surface area contributed by atoms with Crippen molar-refractivity contribution < 1.29 is 18.3 Å². The number of hydrogen-bond acceptors (Lipinski definition) is 5. The van der Waals surface area contributed by atoms with Crippen LogP contribution in [0.2, 0.25) is 0 Å². The largest absolute Gasteiger partial charge is 0.480 e. The predicted octanol–water partition coefficient (Wildman–Crippen LogP) is 3.92. The van der Waals surface area contributed by atoms with Gasteiger partial charge in [-0.3, -0.25) is 9.69 Å². The maximum Gasteiger partial charge on any atom is 0.323 e. The monoisotopic (exact) mass is 474 g/mol. The van der Waals surface area contributed by atoms with Crippen molar-refractivity contribution in [3.63, 3.8) is 0 Å². The van der Waals surface area contributed by atoms with E-state index in [1.165, 1.54) is 30.2 Å². The van der Waals surface area contributed by atoms with Crippen LogP contribution in [0.25, 0.3) is 11.1 Å². The maximum atomic E-state index is 13.3. The summed E-state index contributed by atoms with van der Waals surface area (Å²) in [6.07, 6.45) is 2.54. The minimum Gasteiger partial charge on any atom is -0.480 e. The molecule has 8 heteroatoms. The number of thioether (sulfide) groups is 1. The number of benzene rings is 2. The third-order valence-corrected chi connectivity index (χ3v) is 9.55. The highest BCUT2D eigenvalue weighted by molar-refractivity contribution is 8.00. The number of likely N-dealkylation sites (tertiary alicyclic amines) is 1. The van der Waals surface area contributed by atoms with Crippen molar-refractivity contribution in [1.29, 1.82) is 0 Å². The number of rotatable bonds is 6. The highest BCUT2D eigenvalue weighted by Gasteiger charge is 2.48. The zero-order chi connectivity index (χ0) is 22.9. The number of nitrogens with zero attached hydrogens (tertiary/aromatic N) is 2. The molecule has 0 aromatic heterocycles. The summed E-state index contributed by atoms with van der Waals surface area (Å²) >= 11 is 1.49. The molecule has 0 saturated carbocycles. The third-order valence-electron chi connectivity index (χ3n) is 6.32. The molecule has 1 atom stereocenters. The van der Waals surface area contributed by atoms with Gasteiger partial charge in [0, 0.05) is 23.6 Å². The second-order valence-electron chi connectivity index (χ2n) is 9.01. The molecular formula is C24H30N2O4S2. The van der Waals surface area contributed by atoms with Crippen LogP contribution >= 0.6 is 11.8 Å². The minimum atomic E-state index is -3.91. The Morgan fingerprint density at radius 3 is 2.12 bits per heavy atom. The lowest BCUT2D eigenvalue weighted by atomic mass is 10.0. The first-order valence-corrected chi connectivity index (χ1v) is 13.4. The molecule has 0 amide bonds. The normalized spacial score (nSPS) is 22.1. The Morgan fingerprint density at radius 2 is 1.56 bits per heavy atom. The lowest BCUT2D eigenvalue weighted by Gasteiger charge is -2.42. The Balaban J connectivity index is 1.53. The van der Waals surface area contributed by atoms with E-state index in [0.717, 1.165) is 35.1 Å². The van der Waals surface area contributed by atoms with Crippen LogP contribution in [0.4, 0.5) is 0 Å². The van der Waals surface area contributed by atoms with Gasteiger partial charge in [-0.1, -0.05) is 36.4 Å². The quantitative estimate of drug-likeness (QED) is 0.684.